The first kappa shape index (κ1) is 8.75. The molecule has 1 fully saturated rings. The van der Waals surface area contributed by atoms with Crippen LogP contribution in [0.4, 0.5) is 0 Å². The summed E-state index contributed by atoms with van der Waals surface area (Å²) in [6, 6.07) is 9.98. The molecule has 2 aliphatic carbocycles. The summed E-state index contributed by atoms with van der Waals surface area (Å²) >= 11 is 0. The first-order chi connectivity index (χ1) is 8.33. The lowest BCUT2D eigenvalue weighted by molar-refractivity contribution is 0.414. The van der Waals surface area contributed by atoms with Gasteiger partial charge in [0.1, 0.15) is 12.2 Å². The second-order valence-electron chi connectivity index (χ2n) is 4.39. The average Bonchev–Trinajstić information content (AvgIpc) is 3.12. The molecule has 3 aliphatic rings. The summed E-state index contributed by atoms with van der Waals surface area (Å²) in [5.41, 5.74) is 5.90. The molecule has 0 spiro atoms. The van der Waals surface area contributed by atoms with Crippen molar-refractivity contribution in [3.8, 4) is 12.1 Å². The van der Waals surface area contributed by atoms with Crippen LogP contribution in [-0.2, 0) is 4.74 Å². The standard InChI is InChI=1S/C14H6N2O/c15-5-7-1-2-9-10(3-7)12-11(9)4-8(6-16)13-14(12)17-13/h1-4,13-14H. The molecule has 0 amide bonds. The quantitative estimate of drug-likeness (QED) is 0.626. The van der Waals surface area contributed by atoms with Crippen LogP contribution >= 0.6 is 0 Å². The third kappa shape index (κ3) is 0.927. The van der Waals surface area contributed by atoms with Crippen LogP contribution in [0.25, 0.3) is 11.1 Å². The van der Waals surface area contributed by atoms with E-state index in [1.807, 2.05) is 24.3 Å². The molecule has 17 heavy (non-hydrogen) atoms. The fourth-order valence-corrected chi connectivity index (χ4v) is 2.66. The smallest absolute Gasteiger partial charge is 0.124 e. The molecule has 0 N–H and O–H groups in total. The molecule has 1 heterocycles. The molecule has 0 aromatic heterocycles. The highest BCUT2D eigenvalue weighted by molar-refractivity contribution is 6.11. The lowest BCUT2D eigenvalue weighted by Gasteiger charge is -2.27. The van der Waals surface area contributed by atoms with Crippen LogP contribution in [0.15, 0.2) is 29.8 Å². The van der Waals surface area contributed by atoms with Crippen molar-refractivity contribution in [1.29, 1.82) is 10.5 Å². The van der Waals surface area contributed by atoms with Gasteiger partial charge in [-0.2, -0.15) is 10.5 Å². The van der Waals surface area contributed by atoms with Gasteiger partial charge in [0, 0.05) is 0 Å². The van der Waals surface area contributed by atoms with Crippen molar-refractivity contribution in [3.63, 3.8) is 0 Å². The van der Waals surface area contributed by atoms with Crippen LogP contribution in [0.3, 0.4) is 0 Å². The lowest BCUT2D eigenvalue weighted by Crippen LogP contribution is -2.16. The van der Waals surface area contributed by atoms with E-state index in [0.29, 0.717) is 11.1 Å². The summed E-state index contributed by atoms with van der Waals surface area (Å²) in [5, 5.41) is 17.9. The zero-order valence-electron chi connectivity index (χ0n) is 8.77. The second-order valence-corrected chi connectivity index (χ2v) is 4.39. The highest BCUT2D eigenvalue weighted by Gasteiger charge is 2.52. The number of benzene rings is 1. The molecule has 1 aliphatic heterocycles. The van der Waals surface area contributed by atoms with E-state index in [-0.39, 0.29) is 12.2 Å². The third-order valence-corrected chi connectivity index (χ3v) is 3.53. The molecular weight excluding hydrogens is 212 g/mol. The molecule has 0 bridgehead atoms. The van der Waals surface area contributed by atoms with Crippen molar-refractivity contribution < 1.29 is 4.74 Å². The first-order valence-electron chi connectivity index (χ1n) is 5.39. The Morgan fingerprint density at radius 1 is 1.06 bits per heavy atom. The molecule has 78 valence electrons. The monoisotopic (exact) mass is 218 g/mol. The molecule has 1 saturated heterocycles. The normalized spacial score (nSPS) is 26.6. The molecule has 1 aromatic rings. The molecule has 0 radical (unpaired) electrons. The molecule has 3 nitrogen and oxygen atoms in total. The van der Waals surface area contributed by atoms with Crippen molar-refractivity contribution >= 4 is 11.1 Å². The van der Waals surface area contributed by atoms with E-state index < -0.39 is 0 Å². The van der Waals surface area contributed by atoms with Crippen LogP contribution in [0, 0.1) is 22.7 Å². The SMILES string of the molecule is N#CC1=CC2=C(c3cc(C#N)ccc32)C2OC12. The van der Waals surface area contributed by atoms with E-state index in [9.17, 15) is 0 Å². The molecular formula is C14H6N2O. The number of nitriles is 2. The van der Waals surface area contributed by atoms with Gasteiger partial charge in [0.25, 0.3) is 0 Å². The van der Waals surface area contributed by atoms with Crippen LogP contribution in [0.5, 0.6) is 0 Å². The second kappa shape index (κ2) is 2.66. The molecule has 3 heteroatoms. The van der Waals surface area contributed by atoms with Gasteiger partial charge in [0.2, 0.25) is 0 Å². The zero-order chi connectivity index (χ0) is 11.6. The molecule has 4 rings (SSSR count). The van der Waals surface area contributed by atoms with Gasteiger partial charge in [-0.1, -0.05) is 6.07 Å². The van der Waals surface area contributed by atoms with Gasteiger partial charge in [0.05, 0.1) is 23.3 Å². The Morgan fingerprint density at radius 3 is 2.71 bits per heavy atom. The Morgan fingerprint density at radius 2 is 1.94 bits per heavy atom. The fourth-order valence-electron chi connectivity index (χ4n) is 2.66. The van der Waals surface area contributed by atoms with Gasteiger partial charge in [-0.15, -0.1) is 0 Å². The Bertz CT molecular complexity index is 713. The maximum atomic E-state index is 8.98. The number of rotatable bonds is 0. The zero-order valence-corrected chi connectivity index (χ0v) is 8.77. The predicted molar refractivity (Wildman–Crippen MR) is 60.3 cm³/mol. The number of nitrogens with zero attached hydrogens (tertiary/aromatic N) is 2. The summed E-state index contributed by atoms with van der Waals surface area (Å²) in [4.78, 5) is 0. The number of ether oxygens (including phenoxy) is 1. The topological polar surface area (TPSA) is 60.1 Å². The van der Waals surface area contributed by atoms with Gasteiger partial charge >= 0.3 is 0 Å². The molecule has 1 aromatic carbocycles. The van der Waals surface area contributed by atoms with Gasteiger partial charge in [-0.3, -0.25) is 0 Å². The van der Waals surface area contributed by atoms with Gasteiger partial charge in [0.15, 0.2) is 0 Å². The first-order valence-corrected chi connectivity index (χ1v) is 5.39. The number of allylic oxidation sites excluding steroid dienone is 2. The Balaban J connectivity index is 1.89. The summed E-state index contributed by atoms with van der Waals surface area (Å²) in [6.45, 7) is 0. The summed E-state index contributed by atoms with van der Waals surface area (Å²) in [5.74, 6) is 0. The van der Waals surface area contributed by atoms with Gasteiger partial charge < -0.3 is 4.74 Å². The van der Waals surface area contributed by atoms with E-state index in [1.54, 1.807) is 0 Å². The highest BCUT2D eigenvalue weighted by Crippen LogP contribution is 2.54. The van der Waals surface area contributed by atoms with Gasteiger partial charge in [-0.05, 0) is 40.5 Å². The summed E-state index contributed by atoms with van der Waals surface area (Å²) in [7, 11) is 0. The fraction of sp³-hybridized carbons (Fsp3) is 0.143. The average molecular weight is 218 g/mol. The minimum atomic E-state index is -0.0439. The Hall–Kier alpha value is -2.36. The van der Waals surface area contributed by atoms with E-state index in [1.165, 1.54) is 5.57 Å². The maximum absolute atomic E-state index is 8.98. The lowest BCUT2D eigenvalue weighted by atomic mass is 9.74. The van der Waals surface area contributed by atoms with Crippen molar-refractivity contribution in [1.82, 2.24) is 0 Å². The highest BCUT2D eigenvalue weighted by atomic mass is 16.6. The van der Waals surface area contributed by atoms with E-state index >= 15 is 0 Å². The van der Waals surface area contributed by atoms with Gasteiger partial charge in [-0.25, -0.2) is 0 Å². The predicted octanol–water partition coefficient (Wildman–Crippen LogP) is 2.01. The molecule has 0 saturated carbocycles. The van der Waals surface area contributed by atoms with E-state index in [0.717, 1.165) is 16.7 Å². The number of epoxide rings is 1. The van der Waals surface area contributed by atoms with Crippen LogP contribution in [-0.4, -0.2) is 12.2 Å². The minimum absolute atomic E-state index is 0.0439. The molecule has 2 atom stereocenters. The van der Waals surface area contributed by atoms with Crippen molar-refractivity contribution in [2.24, 2.45) is 0 Å². The number of hydrogen-bond donors (Lipinski definition) is 0. The molecule has 2 unspecified atom stereocenters. The summed E-state index contributed by atoms with van der Waals surface area (Å²) < 4.78 is 5.51. The number of hydrogen-bond acceptors (Lipinski definition) is 3. The largest absolute Gasteiger partial charge is 0.359 e. The van der Waals surface area contributed by atoms with Crippen LogP contribution in [0.1, 0.15) is 16.7 Å². The van der Waals surface area contributed by atoms with E-state index in [4.69, 9.17) is 15.3 Å². The third-order valence-electron chi connectivity index (χ3n) is 3.53. The Labute approximate surface area is 97.9 Å². The maximum Gasteiger partial charge on any atom is 0.124 e. The Kier molecular flexibility index (Phi) is 1.37. The van der Waals surface area contributed by atoms with Crippen molar-refractivity contribution in [3.05, 3.63) is 46.5 Å². The van der Waals surface area contributed by atoms with Crippen LogP contribution < -0.4 is 0 Å². The van der Waals surface area contributed by atoms with Crippen molar-refractivity contribution in [2.75, 3.05) is 0 Å². The summed E-state index contributed by atoms with van der Waals surface area (Å²) in [6.07, 6.45) is 1.92. The van der Waals surface area contributed by atoms with E-state index in [2.05, 4.69) is 12.1 Å². The van der Waals surface area contributed by atoms with Crippen LogP contribution in [0.2, 0.25) is 0 Å². The van der Waals surface area contributed by atoms with Crippen molar-refractivity contribution in [2.45, 2.75) is 12.2 Å². The number of fused-ring (bicyclic) bond motifs is 5. The minimum Gasteiger partial charge on any atom is -0.359 e.